The van der Waals surface area contributed by atoms with Crippen LogP contribution in [-0.4, -0.2) is 84.6 Å². The van der Waals surface area contributed by atoms with Crippen LogP contribution in [0.5, 0.6) is 0 Å². The fraction of sp³-hybridized carbons (Fsp3) is 0.760. The number of aromatic nitrogens is 1. The summed E-state index contributed by atoms with van der Waals surface area (Å²) in [5, 5.41) is 0. The first kappa shape index (κ1) is 21.4. The first-order valence-electron chi connectivity index (χ1n) is 12.3. The van der Waals surface area contributed by atoms with Crippen molar-refractivity contribution in [3.63, 3.8) is 0 Å². The zero-order chi connectivity index (χ0) is 21.3. The van der Waals surface area contributed by atoms with Crippen molar-refractivity contribution in [3.05, 3.63) is 30.1 Å². The summed E-state index contributed by atoms with van der Waals surface area (Å²) in [5.41, 5.74) is 1.20. The third-order valence-corrected chi connectivity index (χ3v) is 8.72. The minimum absolute atomic E-state index is 0.127. The summed E-state index contributed by atoms with van der Waals surface area (Å²) in [6, 6.07) is 4.18. The van der Waals surface area contributed by atoms with Crippen LogP contribution in [0, 0.1) is 16.7 Å². The molecular formula is C25H38N4O2. The van der Waals surface area contributed by atoms with E-state index in [1.807, 2.05) is 18.5 Å². The second kappa shape index (κ2) is 8.80. The second-order valence-corrected chi connectivity index (χ2v) is 10.4. The highest BCUT2D eigenvalue weighted by atomic mass is 16.5. The lowest BCUT2D eigenvalue weighted by molar-refractivity contribution is -0.142. The number of rotatable bonds is 5. The number of hydrogen-bond acceptors (Lipinski definition) is 5. The molecule has 4 aliphatic heterocycles. The summed E-state index contributed by atoms with van der Waals surface area (Å²) >= 11 is 0. The molecule has 0 saturated carbocycles. The number of likely N-dealkylation sites (tertiary alicyclic amines) is 3. The van der Waals surface area contributed by atoms with Crippen molar-refractivity contribution in [1.82, 2.24) is 19.7 Å². The maximum Gasteiger partial charge on any atom is 0.230 e. The molecule has 0 aliphatic carbocycles. The Morgan fingerprint density at radius 1 is 1.10 bits per heavy atom. The number of ether oxygens (including phenoxy) is 1. The van der Waals surface area contributed by atoms with E-state index in [1.165, 1.54) is 24.9 Å². The van der Waals surface area contributed by atoms with E-state index >= 15 is 0 Å². The van der Waals surface area contributed by atoms with Gasteiger partial charge in [-0.15, -0.1) is 0 Å². The average molecular weight is 427 g/mol. The van der Waals surface area contributed by atoms with E-state index in [4.69, 9.17) is 4.74 Å². The molecule has 0 bridgehead atoms. The number of nitrogens with zero attached hydrogens (tertiary/aromatic N) is 4. The van der Waals surface area contributed by atoms with Gasteiger partial charge in [-0.1, -0.05) is 6.07 Å². The highest BCUT2D eigenvalue weighted by Crippen LogP contribution is 2.58. The van der Waals surface area contributed by atoms with Gasteiger partial charge >= 0.3 is 0 Å². The van der Waals surface area contributed by atoms with Crippen LogP contribution < -0.4 is 0 Å². The number of carbonyl (C=O) groups excluding carboxylic acids is 1. The number of piperidine rings is 1. The molecule has 1 atom stereocenters. The van der Waals surface area contributed by atoms with Crippen molar-refractivity contribution in [2.24, 2.45) is 16.7 Å². The monoisotopic (exact) mass is 426 g/mol. The average Bonchev–Trinajstić information content (AvgIpc) is 3.28. The van der Waals surface area contributed by atoms with Crippen LogP contribution in [0.2, 0.25) is 0 Å². The standard InChI is InChI=1S/C25H38N4O2/c1-2-29-13-9-25(23(29)30)20-28(18-22-4-3-10-26-16-22)19-24(25)7-11-27(12-8-24)17-21-5-14-31-15-6-21/h3-4,10,16,21H,2,5-9,11-15,17-20H2,1H3/t25-/m0/s1. The van der Waals surface area contributed by atoms with E-state index in [9.17, 15) is 4.79 Å². The van der Waals surface area contributed by atoms with Gasteiger partial charge in [0.15, 0.2) is 0 Å². The molecule has 1 aromatic heterocycles. The molecule has 1 aromatic rings. The molecule has 0 radical (unpaired) electrons. The Hall–Kier alpha value is -1.50. The van der Waals surface area contributed by atoms with E-state index < -0.39 is 0 Å². The number of fused-ring (bicyclic) bond motifs is 1. The Bertz CT molecular complexity index is 758. The molecule has 2 spiro atoms. The van der Waals surface area contributed by atoms with Crippen LogP contribution in [0.15, 0.2) is 24.5 Å². The van der Waals surface area contributed by atoms with Crippen LogP contribution in [0.1, 0.15) is 44.6 Å². The topological polar surface area (TPSA) is 48.9 Å². The van der Waals surface area contributed by atoms with Crippen molar-refractivity contribution >= 4 is 5.91 Å². The fourth-order valence-electron chi connectivity index (χ4n) is 6.92. The first-order valence-corrected chi connectivity index (χ1v) is 12.3. The fourth-order valence-corrected chi connectivity index (χ4v) is 6.92. The van der Waals surface area contributed by atoms with Gasteiger partial charge in [0, 0.05) is 70.3 Å². The van der Waals surface area contributed by atoms with E-state index in [-0.39, 0.29) is 10.8 Å². The molecule has 0 N–H and O–H groups in total. The van der Waals surface area contributed by atoms with E-state index in [0.717, 1.165) is 84.2 Å². The molecule has 4 aliphatic rings. The lowest BCUT2D eigenvalue weighted by Crippen LogP contribution is -2.53. The van der Waals surface area contributed by atoms with Crippen molar-refractivity contribution in [2.45, 2.75) is 45.6 Å². The van der Waals surface area contributed by atoms with E-state index in [2.05, 4.69) is 32.7 Å². The summed E-state index contributed by atoms with van der Waals surface area (Å²) < 4.78 is 5.55. The highest BCUT2D eigenvalue weighted by Gasteiger charge is 2.64. The summed E-state index contributed by atoms with van der Waals surface area (Å²) in [7, 11) is 0. The van der Waals surface area contributed by atoms with Gasteiger partial charge in [-0.25, -0.2) is 0 Å². The van der Waals surface area contributed by atoms with Crippen LogP contribution >= 0.6 is 0 Å². The Morgan fingerprint density at radius 3 is 2.58 bits per heavy atom. The molecule has 170 valence electrons. The van der Waals surface area contributed by atoms with Crippen LogP contribution in [0.4, 0.5) is 0 Å². The van der Waals surface area contributed by atoms with Crippen molar-refractivity contribution in [2.75, 3.05) is 59.0 Å². The van der Waals surface area contributed by atoms with Gasteiger partial charge in [0.25, 0.3) is 0 Å². The molecule has 4 fully saturated rings. The van der Waals surface area contributed by atoms with Crippen molar-refractivity contribution in [1.29, 1.82) is 0 Å². The molecule has 6 nitrogen and oxygen atoms in total. The molecule has 4 saturated heterocycles. The molecule has 5 rings (SSSR count). The van der Waals surface area contributed by atoms with Crippen molar-refractivity contribution < 1.29 is 9.53 Å². The molecule has 0 unspecified atom stereocenters. The highest BCUT2D eigenvalue weighted by molar-refractivity contribution is 5.86. The predicted octanol–water partition coefficient (Wildman–Crippen LogP) is 2.64. The molecule has 31 heavy (non-hydrogen) atoms. The van der Waals surface area contributed by atoms with Gasteiger partial charge in [-0.05, 0) is 69.7 Å². The SMILES string of the molecule is CCN1CC[C@]2(CN(Cc3cccnc3)CC23CCN(CC2CCOCC2)CC3)C1=O. The number of carbonyl (C=O) groups is 1. The second-order valence-electron chi connectivity index (χ2n) is 10.4. The molecule has 0 aromatic carbocycles. The summed E-state index contributed by atoms with van der Waals surface area (Å²) in [6.07, 6.45) is 9.56. The van der Waals surface area contributed by atoms with Gasteiger partial charge in [0.1, 0.15) is 0 Å². The normalized spacial score (nSPS) is 30.1. The van der Waals surface area contributed by atoms with Crippen LogP contribution in [0.3, 0.4) is 0 Å². The smallest absolute Gasteiger partial charge is 0.230 e. The lowest BCUT2D eigenvalue weighted by atomic mass is 9.60. The summed E-state index contributed by atoms with van der Waals surface area (Å²) in [4.78, 5) is 25.3. The van der Waals surface area contributed by atoms with Crippen molar-refractivity contribution in [3.8, 4) is 0 Å². The number of amides is 1. The lowest BCUT2D eigenvalue weighted by Gasteiger charge is -2.47. The first-order chi connectivity index (χ1) is 15.1. The molecule has 5 heterocycles. The van der Waals surface area contributed by atoms with E-state index in [1.54, 1.807) is 0 Å². The maximum atomic E-state index is 13.7. The quantitative estimate of drug-likeness (QED) is 0.725. The van der Waals surface area contributed by atoms with E-state index in [0.29, 0.717) is 5.91 Å². The van der Waals surface area contributed by atoms with Crippen LogP contribution in [-0.2, 0) is 16.1 Å². The van der Waals surface area contributed by atoms with Gasteiger partial charge in [0.05, 0.1) is 5.41 Å². The maximum absolute atomic E-state index is 13.7. The zero-order valence-corrected chi connectivity index (χ0v) is 19.1. The number of hydrogen-bond donors (Lipinski definition) is 0. The van der Waals surface area contributed by atoms with Gasteiger partial charge < -0.3 is 14.5 Å². The van der Waals surface area contributed by atoms with Gasteiger partial charge in [-0.2, -0.15) is 0 Å². The Balaban J connectivity index is 1.32. The largest absolute Gasteiger partial charge is 0.381 e. The molecule has 1 amide bonds. The van der Waals surface area contributed by atoms with Gasteiger partial charge in [-0.3, -0.25) is 14.7 Å². The minimum atomic E-state index is -0.185. The summed E-state index contributed by atoms with van der Waals surface area (Å²) in [5.74, 6) is 1.22. The number of pyridine rings is 1. The Morgan fingerprint density at radius 2 is 1.90 bits per heavy atom. The zero-order valence-electron chi connectivity index (χ0n) is 19.1. The summed E-state index contributed by atoms with van der Waals surface area (Å²) in [6.45, 7) is 12.1. The third-order valence-electron chi connectivity index (χ3n) is 8.72. The van der Waals surface area contributed by atoms with Crippen LogP contribution in [0.25, 0.3) is 0 Å². The molecular weight excluding hydrogens is 388 g/mol. The Kier molecular flexibility index (Phi) is 6.06. The van der Waals surface area contributed by atoms with Gasteiger partial charge in [0.2, 0.25) is 5.91 Å². The Labute approximate surface area is 186 Å². The minimum Gasteiger partial charge on any atom is -0.381 e. The third kappa shape index (κ3) is 3.91. The predicted molar refractivity (Wildman–Crippen MR) is 120 cm³/mol. The molecule has 6 heteroatoms.